The number of piperidine rings is 1. The van der Waals surface area contributed by atoms with Crippen LogP contribution in [0.5, 0.6) is 0 Å². The molecule has 2 saturated heterocycles. The molecule has 4 aliphatic carbocycles. The van der Waals surface area contributed by atoms with Crippen molar-refractivity contribution in [3.8, 4) is 0 Å². The number of nitrogens with zero attached hydrogens (tertiary/aromatic N) is 1. The lowest BCUT2D eigenvalue weighted by molar-refractivity contribution is -0.0758. The molecule has 1 unspecified atom stereocenters. The van der Waals surface area contributed by atoms with E-state index in [9.17, 15) is 0 Å². The molecule has 2 heterocycles. The largest absolute Gasteiger partial charge is 0.369 e. The number of ether oxygens (including phenoxy) is 1. The van der Waals surface area contributed by atoms with Crippen molar-refractivity contribution in [3.05, 3.63) is 11.1 Å². The Balaban J connectivity index is 1.25. The van der Waals surface area contributed by atoms with Crippen LogP contribution in [0.3, 0.4) is 0 Å². The Morgan fingerprint density at radius 3 is 2.64 bits per heavy atom. The van der Waals surface area contributed by atoms with Gasteiger partial charge < -0.3 is 15.0 Å². The molecule has 1 spiro atoms. The molecule has 0 aromatic heterocycles. The number of hydrogen-bond donors (Lipinski definition) is 1. The lowest BCUT2D eigenvalue weighted by Crippen LogP contribution is -2.49. The maximum absolute atomic E-state index is 7.07. The third-order valence-electron chi connectivity index (χ3n) is 12.3. The van der Waals surface area contributed by atoms with Crippen LogP contribution in [-0.4, -0.2) is 49.3 Å². The van der Waals surface area contributed by atoms with Crippen LogP contribution in [0, 0.1) is 40.9 Å². The fourth-order valence-corrected chi connectivity index (χ4v) is 10.3. The van der Waals surface area contributed by atoms with Crippen molar-refractivity contribution in [2.75, 3.05) is 20.6 Å². The Labute approximate surface area is 203 Å². The highest BCUT2D eigenvalue weighted by Gasteiger charge is 2.59. The minimum absolute atomic E-state index is 0.0915. The number of hydrogen-bond acceptors (Lipinski definition) is 3. The molecule has 186 valence electrons. The van der Waals surface area contributed by atoms with Crippen molar-refractivity contribution in [2.24, 2.45) is 40.9 Å². The van der Waals surface area contributed by atoms with E-state index < -0.39 is 0 Å². The van der Waals surface area contributed by atoms with E-state index in [0.29, 0.717) is 23.5 Å². The number of fused-ring (bicyclic) bond motifs is 6. The van der Waals surface area contributed by atoms with Gasteiger partial charge in [0.2, 0.25) is 0 Å². The summed E-state index contributed by atoms with van der Waals surface area (Å²) >= 11 is 0. The summed E-state index contributed by atoms with van der Waals surface area (Å²) in [5, 5.41) is 3.89. The lowest BCUT2D eigenvalue weighted by atomic mass is 9.52. The van der Waals surface area contributed by atoms with E-state index in [0.717, 1.165) is 35.6 Å². The van der Waals surface area contributed by atoms with E-state index in [2.05, 4.69) is 52.0 Å². The number of rotatable bonds is 1. The second-order valence-electron chi connectivity index (χ2n) is 14.1. The fourth-order valence-electron chi connectivity index (χ4n) is 10.3. The van der Waals surface area contributed by atoms with Gasteiger partial charge in [0, 0.05) is 18.0 Å². The highest BCUT2D eigenvalue weighted by molar-refractivity contribution is 5.29. The van der Waals surface area contributed by atoms with Gasteiger partial charge in [0.05, 0.1) is 11.7 Å². The van der Waals surface area contributed by atoms with Crippen LogP contribution in [0.15, 0.2) is 11.1 Å². The maximum Gasteiger partial charge on any atom is 0.0765 e. The SMILES string of the molecule is CC1=C2C[C@H]3[C@@H](CC[C@@H]4C[C@H](N(C)C)CC[C@@]43C)[C@@H]2CCC2(C1)O[C@@H]1C[C@H](C)CN[C@H]1[C@H]2C. The molecular weight excluding hydrogens is 404 g/mol. The van der Waals surface area contributed by atoms with E-state index in [4.69, 9.17) is 4.74 Å². The summed E-state index contributed by atoms with van der Waals surface area (Å²) in [6, 6.07) is 1.39. The summed E-state index contributed by atoms with van der Waals surface area (Å²) in [5.74, 6) is 5.06. The van der Waals surface area contributed by atoms with Gasteiger partial charge in [-0.25, -0.2) is 0 Å². The fraction of sp³-hybridized carbons (Fsp3) is 0.933. The molecule has 33 heavy (non-hydrogen) atoms. The van der Waals surface area contributed by atoms with Gasteiger partial charge in [-0.3, -0.25) is 0 Å². The summed E-state index contributed by atoms with van der Waals surface area (Å²) < 4.78 is 7.07. The van der Waals surface area contributed by atoms with Gasteiger partial charge in [0.25, 0.3) is 0 Å². The molecule has 6 aliphatic rings. The molecular formula is C30H50N2O. The van der Waals surface area contributed by atoms with Crippen molar-refractivity contribution in [1.29, 1.82) is 0 Å². The molecule has 5 fully saturated rings. The van der Waals surface area contributed by atoms with Crippen LogP contribution < -0.4 is 5.32 Å². The predicted octanol–water partition coefficient (Wildman–Crippen LogP) is 6.04. The van der Waals surface area contributed by atoms with E-state index in [1.54, 1.807) is 5.57 Å². The first kappa shape index (κ1) is 23.0. The lowest BCUT2D eigenvalue weighted by Gasteiger charge is -2.55. The highest BCUT2D eigenvalue weighted by Crippen LogP contribution is 2.65. The molecule has 3 nitrogen and oxygen atoms in total. The second kappa shape index (κ2) is 8.07. The summed E-state index contributed by atoms with van der Waals surface area (Å²) in [7, 11) is 4.60. The molecule has 0 amide bonds. The molecule has 1 N–H and O–H groups in total. The number of nitrogens with one attached hydrogen (secondary N) is 1. The van der Waals surface area contributed by atoms with Crippen molar-refractivity contribution in [2.45, 2.75) is 116 Å². The van der Waals surface area contributed by atoms with Gasteiger partial charge in [0.1, 0.15) is 0 Å². The minimum atomic E-state index is 0.0915. The van der Waals surface area contributed by atoms with Crippen molar-refractivity contribution >= 4 is 0 Å². The normalized spacial score (nSPS) is 54.1. The second-order valence-corrected chi connectivity index (χ2v) is 14.1. The van der Waals surface area contributed by atoms with Gasteiger partial charge in [-0.15, -0.1) is 0 Å². The molecule has 3 heteroatoms. The van der Waals surface area contributed by atoms with Gasteiger partial charge in [-0.2, -0.15) is 0 Å². The Hall–Kier alpha value is -0.380. The van der Waals surface area contributed by atoms with Crippen LogP contribution >= 0.6 is 0 Å². The summed E-state index contributed by atoms with van der Waals surface area (Å²) in [6.45, 7) is 11.3. The Kier molecular flexibility index (Phi) is 5.63. The Morgan fingerprint density at radius 2 is 1.85 bits per heavy atom. The average Bonchev–Trinajstić information content (AvgIpc) is 3.23. The zero-order valence-corrected chi connectivity index (χ0v) is 22.3. The van der Waals surface area contributed by atoms with Crippen LogP contribution in [0.1, 0.15) is 91.9 Å². The minimum Gasteiger partial charge on any atom is -0.369 e. The van der Waals surface area contributed by atoms with Crippen LogP contribution in [0.25, 0.3) is 0 Å². The van der Waals surface area contributed by atoms with E-state index in [1.807, 2.05) is 5.57 Å². The molecule has 0 aromatic carbocycles. The smallest absolute Gasteiger partial charge is 0.0765 e. The average molecular weight is 455 g/mol. The third kappa shape index (κ3) is 3.45. The van der Waals surface area contributed by atoms with Crippen LogP contribution in [0.2, 0.25) is 0 Å². The number of allylic oxidation sites excluding steroid dienone is 1. The topological polar surface area (TPSA) is 24.5 Å². The quantitative estimate of drug-likeness (QED) is 0.489. The molecule has 0 bridgehead atoms. The maximum atomic E-state index is 7.07. The molecule has 6 rings (SSSR count). The van der Waals surface area contributed by atoms with E-state index in [-0.39, 0.29) is 5.60 Å². The molecule has 3 saturated carbocycles. The summed E-state index contributed by atoms with van der Waals surface area (Å²) in [6.07, 6.45) is 14.2. The molecule has 11 atom stereocenters. The summed E-state index contributed by atoms with van der Waals surface area (Å²) in [4.78, 5) is 2.51. The van der Waals surface area contributed by atoms with Crippen LogP contribution in [0.4, 0.5) is 0 Å². The molecule has 0 radical (unpaired) electrons. The summed E-state index contributed by atoms with van der Waals surface area (Å²) in [5.41, 5.74) is 4.30. The standard InChI is InChI=1S/C30H50N2O/c1-18-13-27-28(31-17-18)20(3)30(33-27)12-10-23-24-8-7-21-14-22(32(5)6)9-11-29(21,4)26(24)15-25(23)19(2)16-30/h18,20-24,26-28,31H,7-17H2,1-6H3/t18-,20+,21+,22+,23-,24-,26-,27+,28-,29-,30?/m0/s1. The van der Waals surface area contributed by atoms with Crippen molar-refractivity contribution in [1.82, 2.24) is 10.2 Å². The molecule has 0 aromatic rings. The monoisotopic (exact) mass is 454 g/mol. The van der Waals surface area contributed by atoms with Gasteiger partial charge in [-0.05, 0) is 127 Å². The Bertz CT molecular complexity index is 805. The highest BCUT2D eigenvalue weighted by atomic mass is 16.5. The molecule has 2 aliphatic heterocycles. The zero-order chi connectivity index (χ0) is 23.1. The Morgan fingerprint density at radius 1 is 1.03 bits per heavy atom. The van der Waals surface area contributed by atoms with E-state index >= 15 is 0 Å². The van der Waals surface area contributed by atoms with Crippen molar-refractivity contribution in [3.63, 3.8) is 0 Å². The first-order valence-corrected chi connectivity index (χ1v) is 14.5. The van der Waals surface area contributed by atoms with E-state index in [1.165, 1.54) is 70.8 Å². The van der Waals surface area contributed by atoms with Gasteiger partial charge >= 0.3 is 0 Å². The van der Waals surface area contributed by atoms with Gasteiger partial charge in [0.15, 0.2) is 0 Å². The first-order chi connectivity index (χ1) is 15.7. The zero-order valence-electron chi connectivity index (χ0n) is 22.3. The predicted molar refractivity (Wildman–Crippen MR) is 136 cm³/mol. The van der Waals surface area contributed by atoms with Crippen LogP contribution in [-0.2, 0) is 4.74 Å². The first-order valence-electron chi connectivity index (χ1n) is 14.5. The van der Waals surface area contributed by atoms with Crippen molar-refractivity contribution < 1.29 is 4.74 Å². The third-order valence-corrected chi connectivity index (χ3v) is 12.3. The van der Waals surface area contributed by atoms with Gasteiger partial charge in [-0.1, -0.05) is 31.9 Å².